The highest BCUT2D eigenvalue weighted by atomic mass is 19.1. The summed E-state index contributed by atoms with van der Waals surface area (Å²) in [6.07, 6.45) is 3.68. The van der Waals surface area contributed by atoms with Crippen molar-refractivity contribution >= 4 is 11.7 Å². The lowest BCUT2D eigenvalue weighted by molar-refractivity contribution is 0.189. The zero-order valence-corrected chi connectivity index (χ0v) is 11.8. The van der Waals surface area contributed by atoms with Crippen LogP contribution in [0.3, 0.4) is 0 Å². The Kier molecular flexibility index (Phi) is 4.13. The maximum atomic E-state index is 12.8. The number of amides is 2. The Balaban J connectivity index is 1.53. The van der Waals surface area contributed by atoms with Crippen molar-refractivity contribution in [1.82, 2.24) is 14.9 Å². The Morgan fingerprint density at radius 2 is 2.14 bits per heavy atom. The van der Waals surface area contributed by atoms with Crippen molar-refractivity contribution in [2.75, 3.05) is 18.4 Å². The Morgan fingerprint density at radius 3 is 2.86 bits per heavy atom. The fraction of sp³-hybridized carbons (Fsp3) is 0.267. The lowest BCUT2D eigenvalue weighted by Gasteiger charge is -2.17. The smallest absolute Gasteiger partial charge is 0.321 e. The molecule has 1 N–H and O–H groups in total. The third-order valence-corrected chi connectivity index (χ3v) is 3.37. The summed E-state index contributed by atoms with van der Waals surface area (Å²) in [4.78, 5) is 21.6. The second kappa shape index (κ2) is 6.38. The molecule has 1 aliphatic rings. The first-order valence-corrected chi connectivity index (χ1v) is 6.95. The summed E-state index contributed by atoms with van der Waals surface area (Å²) < 4.78 is 18.5. The second-order valence-electron chi connectivity index (χ2n) is 4.96. The number of nitrogens with one attached hydrogen (secondary N) is 1. The van der Waals surface area contributed by atoms with Crippen LogP contribution in [-0.2, 0) is 0 Å². The maximum Gasteiger partial charge on any atom is 0.321 e. The Hall–Kier alpha value is -2.70. The topological polar surface area (TPSA) is 67.4 Å². The van der Waals surface area contributed by atoms with E-state index in [4.69, 9.17) is 4.74 Å². The number of carbonyl (C=O) groups is 1. The average Bonchev–Trinajstić information content (AvgIpc) is 2.99. The first-order chi connectivity index (χ1) is 10.7. The van der Waals surface area contributed by atoms with Crippen molar-refractivity contribution in [3.63, 3.8) is 0 Å². The van der Waals surface area contributed by atoms with Crippen molar-refractivity contribution in [3.8, 4) is 5.88 Å². The zero-order chi connectivity index (χ0) is 15.4. The van der Waals surface area contributed by atoms with Gasteiger partial charge in [-0.05, 0) is 24.3 Å². The minimum atomic E-state index is -0.336. The number of urea groups is 1. The Labute approximate surface area is 126 Å². The fourth-order valence-corrected chi connectivity index (χ4v) is 2.26. The summed E-state index contributed by atoms with van der Waals surface area (Å²) >= 11 is 0. The molecular formula is C15H15FN4O2. The van der Waals surface area contributed by atoms with Crippen LogP contribution >= 0.6 is 0 Å². The molecule has 0 bridgehead atoms. The third kappa shape index (κ3) is 3.49. The van der Waals surface area contributed by atoms with Gasteiger partial charge in [0.05, 0.1) is 6.54 Å². The van der Waals surface area contributed by atoms with Crippen LogP contribution in [0.15, 0.2) is 42.9 Å². The first-order valence-electron chi connectivity index (χ1n) is 6.95. The highest BCUT2D eigenvalue weighted by Gasteiger charge is 2.27. The van der Waals surface area contributed by atoms with Crippen molar-refractivity contribution in [2.24, 2.45) is 0 Å². The van der Waals surface area contributed by atoms with Gasteiger partial charge in [0.15, 0.2) is 0 Å². The standard InChI is InChI=1S/C15H15FN4O2/c16-11-1-3-12(4-2-11)19-15(21)20-8-6-13(9-20)22-14-5-7-17-10-18-14/h1-5,7,10,13H,6,8-9H2,(H,19,21)/t13-/m0/s1. The number of hydrogen-bond donors (Lipinski definition) is 1. The van der Waals surface area contributed by atoms with Crippen molar-refractivity contribution < 1.29 is 13.9 Å². The predicted molar refractivity (Wildman–Crippen MR) is 78.1 cm³/mol. The lowest BCUT2D eigenvalue weighted by Crippen LogP contribution is -2.34. The predicted octanol–water partition coefficient (Wildman–Crippen LogP) is 2.30. The van der Waals surface area contributed by atoms with Gasteiger partial charge in [0.2, 0.25) is 5.88 Å². The average molecular weight is 302 g/mol. The molecule has 2 amide bonds. The van der Waals surface area contributed by atoms with E-state index in [0.717, 1.165) is 6.42 Å². The molecule has 114 valence electrons. The van der Waals surface area contributed by atoms with Gasteiger partial charge in [0, 0.05) is 30.9 Å². The second-order valence-corrected chi connectivity index (χ2v) is 4.96. The molecule has 1 aliphatic heterocycles. The minimum Gasteiger partial charge on any atom is -0.472 e. The SMILES string of the molecule is O=C(Nc1ccc(F)cc1)N1CC[C@H](Oc2ccncn2)C1. The zero-order valence-electron chi connectivity index (χ0n) is 11.8. The summed E-state index contributed by atoms with van der Waals surface area (Å²) in [5, 5.41) is 2.73. The van der Waals surface area contributed by atoms with Gasteiger partial charge in [-0.1, -0.05) is 0 Å². The van der Waals surface area contributed by atoms with Crippen LogP contribution in [0.5, 0.6) is 5.88 Å². The van der Waals surface area contributed by atoms with E-state index in [9.17, 15) is 9.18 Å². The number of rotatable bonds is 3. The number of benzene rings is 1. The quantitative estimate of drug-likeness (QED) is 0.944. The molecule has 1 atom stereocenters. The minimum absolute atomic E-state index is 0.0890. The Morgan fingerprint density at radius 1 is 1.32 bits per heavy atom. The molecule has 2 heterocycles. The van der Waals surface area contributed by atoms with E-state index in [1.54, 1.807) is 17.2 Å². The molecule has 1 aromatic carbocycles. The number of likely N-dealkylation sites (tertiary alicyclic amines) is 1. The molecule has 22 heavy (non-hydrogen) atoms. The molecular weight excluding hydrogens is 287 g/mol. The van der Waals surface area contributed by atoms with Gasteiger partial charge in [0.1, 0.15) is 18.2 Å². The van der Waals surface area contributed by atoms with Crippen LogP contribution in [0, 0.1) is 5.82 Å². The van der Waals surface area contributed by atoms with Gasteiger partial charge in [0.25, 0.3) is 0 Å². The van der Waals surface area contributed by atoms with Crippen molar-refractivity contribution in [1.29, 1.82) is 0 Å². The number of carbonyl (C=O) groups excluding carboxylic acids is 1. The molecule has 1 aromatic heterocycles. The van der Waals surface area contributed by atoms with E-state index in [1.165, 1.54) is 30.6 Å². The van der Waals surface area contributed by atoms with E-state index < -0.39 is 0 Å². The van der Waals surface area contributed by atoms with E-state index in [0.29, 0.717) is 24.7 Å². The van der Waals surface area contributed by atoms with Crippen molar-refractivity contribution in [3.05, 3.63) is 48.7 Å². The highest BCUT2D eigenvalue weighted by molar-refractivity contribution is 5.89. The number of anilines is 1. The fourth-order valence-electron chi connectivity index (χ4n) is 2.26. The first kappa shape index (κ1) is 14.2. The molecule has 2 aromatic rings. The van der Waals surface area contributed by atoms with E-state index in [-0.39, 0.29) is 18.0 Å². The number of hydrogen-bond acceptors (Lipinski definition) is 4. The van der Waals surface area contributed by atoms with Gasteiger partial charge in [-0.25, -0.2) is 19.2 Å². The molecule has 0 radical (unpaired) electrons. The molecule has 0 spiro atoms. The molecule has 1 saturated heterocycles. The van der Waals surface area contributed by atoms with Gasteiger partial charge in [-0.15, -0.1) is 0 Å². The molecule has 0 aliphatic carbocycles. The Bertz CT molecular complexity index is 636. The van der Waals surface area contributed by atoms with Crippen LogP contribution in [0.4, 0.5) is 14.9 Å². The third-order valence-electron chi connectivity index (χ3n) is 3.37. The largest absolute Gasteiger partial charge is 0.472 e. The van der Waals surface area contributed by atoms with Gasteiger partial charge in [-0.2, -0.15) is 0 Å². The van der Waals surface area contributed by atoms with Crippen LogP contribution < -0.4 is 10.1 Å². The van der Waals surface area contributed by atoms with Crippen molar-refractivity contribution in [2.45, 2.75) is 12.5 Å². The number of nitrogens with zero attached hydrogens (tertiary/aromatic N) is 3. The summed E-state index contributed by atoms with van der Waals surface area (Å²) in [5.74, 6) is 0.165. The summed E-state index contributed by atoms with van der Waals surface area (Å²) in [6, 6.07) is 7.12. The van der Waals surface area contributed by atoms with Gasteiger partial charge in [-0.3, -0.25) is 0 Å². The van der Waals surface area contributed by atoms with Gasteiger partial charge < -0.3 is 15.0 Å². The molecule has 7 heteroatoms. The van der Waals surface area contributed by atoms with E-state index >= 15 is 0 Å². The highest BCUT2D eigenvalue weighted by Crippen LogP contribution is 2.17. The van der Waals surface area contributed by atoms with Crippen LogP contribution in [0.25, 0.3) is 0 Å². The number of halogens is 1. The maximum absolute atomic E-state index is 12.8. The van der Waals surface area contributed by atoms with Gasteiger partial charge >= 0.3 is 6.03 Å². The normalized spacial score (nSPS) is 17.3. The summed E-state index contributed by atoms with van der Waals surface area (Å²) in [6.45, 7) is 1.08. The van der Waals surface area contributed by atoms with Crippen LogP contribution in [0.2, 0.25) is 0 Å². The summed E-state index contributed by atoms with van der Waals surface area (Å²) in [7, 11) is 0. The number of ether oxygens (including phenoxy) is 1. The molecule has 0 unspecified atom stereocenters. The lowest BCUT2D eigenvalue weighted by atomic mass is 10.3. The molecule has 6 nitrogen and oxygen atoms in total. The van der Waals surface area contributed by atoms with E-state index in [2.05, 4.69) is 15.3 Å². The van der Waals surface area contributed by atoms with Crippen LogP contribution in [0.1, 0.15) is 6.42 Å². The number of aromatic nitrogens is 2. The molecule has 3 rings (SSSR count). The van der Waals surface area contributed by atoms with Crippen LogP contribution in [-0.4, -0.2) is 40.1 Å². The molecule has 0 saturated carbocycles. The van der Waals surface area contributed by atoms with E-state index in [1.807, 2.05) is 0 Å². The summed E-state index contributed by atoms with van der Waals surface area (Å²) in [5.41, 5.74) is 0.562. The monoisotopic (exact) mass is 302 g/mol. The molecule has 1 fully saturated rings.